The van der Waals surface area contributed by atoms with E-state index in [-0.39, 0.29) is 11.3 Å². The third-order valence-corrected chi connectivity index (χ3v) is 5.19. The Morgan fingerprint density at radius 3 is 2.88 bits per heavy atom. The Morgan fingerprint density at radius 1 is 1.53 bits per heavy atom. The van der Waals surface area contributed by atoms with Crippen LogP contribution in [-0.4, -0.2) is 34.9 Å². The van der Waals surface area contributed by atoms with Gasteiger partial charge in [0.05, 0.1) is 22.9 Å². The molecule has 0 saturated heterocycles. The van der Waals surface area contributed by atoms with Gasteiger partial charge in [0.25, 0.3) is 0 Å². The predicted octanol–water partition coefficient (Wildman–Crippen LogP) is 1.55. The summed E-state index contributed by atoms with van der Waals surface area (Å²) in [7, 11) is -2.95. The van der Waals surface area contributed by atoms with Gasteiger partial charge in [-0.3, -0.25) is 0 Å². The molecule has 0 aromatic carbocycles. The number of rotatable bonds is 3. The quantitative estimate of drug-likeness (QED) is 0.786. The molecule has 1 aromatic rings. The Hall–Kier alpha value is -0.620. The number of hydrogen-bond acceptors (Lipinski definition) is 4. The summed E-state index contributed by atoms with van der Waals surface area (Å²) in [5.41, 5.74) is 0.730. The molecule has 1 aromatic heterocycles. The number of hydrogen-bond donors (Lipinski definition) is 0. The normalized spacial score (nSPS) is 26.0. The lowest BCUT2D eigenvalue weighted by atomic mass is 9.95. The Labute approximate surface area is 106 Å². The number of halogens is 1. The molecule has 1 heterocycles. The first-order chi connectivity index (χ1) is 8.00. The molecule has 1 fully saturated rings. The molecular formula is C10H16ClN3O2S. The first-order valence-corrected chi connectivity index (χ1v) is 8.15. The fourth-order valence-corrected chi connectivity index (χ4v) is 3.59. The van der Waals surface area contributed by atoms with Crippen LogP contribution in [0, 0.1) is 0 Å². The second-order valence-electron chi connectivity index (χ2n) is 4.60. The molecular weight excluding hydrogens is 262 g/mol. The highest BCUT2D eigenvalue weighted by atomic mass is 35.5. The zero-order chi connectivity index (χ0) is 12.5. The van der Waals surface area contributed by atoms with Crippen molar-refractivity contribution in [2.45, 2.75) is 42.9 Å². The largest absolute Gasteiger partial charge is 0.249 e. The van der Waals surface area contributed by atoms with E-state index in [1.54, 1.807) is 4.68 Å². The van der Waals surface area contributed by atoms with Crippen LogP contribution in [0.2, 0.25) is 0 Å². The van der Waals surface area contributed by atoms with Crippen molar-refractivity contribution >= 4 is 21.4 Å². The zero-order valence-electron chi connectivity index (χ0n) is 9.71. The van der Waals surface area contributed by atoms with E-state index in [1.165, 1.54) is 6.26 Å². The van der Waals surface area contributed by atoms with Gasteiger partial charge in [-0.25, -0.2) is 13.1 Å². The van der Waals surface area contributed by atoms with E-state index in [2.05, 4.69) is 10.3 Å². The van der Waals surface area contributed by atoms with Gasteiger partial charge >= 0.3 is 0 Å². The van der Waals surface area contributed by atoms with Gasteiger partial charge in [-0.2, -0.15) is 0 Å². The summed E-state index contributed by atoms with van der Waals surface area (Å²) in [5.74, 6) is 0.336. The monoisotopic (exact) mass is 277 g/mol. The molecule has 0 radical (unpaired) electrons. The molecule has 1 saturated carbocycles. The number of aromatic nitrogens is 3. The first-order valence-electron chi connectivity index (χ1n) is 5.66. The molecule has 96 valence electrons. The SMILES string of the molecule is CS(=O)(=O)C1CCCC(n2cc(CCl)nn2)C1. The van der Waals surface area contributed by atoms with Gasteiger partial charge in [-0.1, -0.05) is 11.6 Å². The minimum atomic E-state index is -2.95. The van der Waals surface area contributed by atoms with Gasteiger partial charge in [-0.05, 0) is 19.3 Å². The summed E-state index contributed by atoms with van der Waals surface area (Å²) < 4.78 is 24.9. The fourth-order valence-electron chi connectivity index (χ4n) is 2.30. The smallest absolute Gasteiger partial charge is 0.150 e. The van der Waals surface area contributed by atoms with Crippen molar-refractivity contribution in [2.75, 3.05) is 6.26 Å². The molecule has 1 aliphatic rings. The maximum atomic E-state index is 11.6. The van der Waals surface area contributed by atoms with Crippen LogP contribution < -0.4 is 0 Å². The molecule has 2 rings (SSSR count). The minimum absolute atomic E-state index is 0.132. The van der Waals surface area contributed by atoms with Crippen molar-refractivity contribution in [1.29, 1.82) is 0 Å². The second kappa shape index (κ2) is 4.94. The molecule has 1 aliphatic carbocycles. The number of alkyl halides is 1. The third kappa shape index (κ3) is 2.98. The van der Waals surface area contributed by atoms with E-state index in [0.29, 0.717) is 12.3 Å². The van der Waals surface area contributed by atoms with Gasteiger partial charge in [0.1, 0.15) is 9.84 Å². The Kier molecular flexibility index (Phi) is 3.73. The molecule has 17 heavy (non-hydrogen) atoms. The lowest BCUT2D eigenvalue weighted by Crippen LogP contribution is -2.29. The second-order valence-corrected chi connectivity index (χ2v) is 7.19. The summed E-state index contributed by atoms with van der Waals surface area (Å²) in [4.78, 5) is 0. The standard InChI is InChI=1S/C10H16ClN3O2S/c1-17(15,16)10-4-2-3-9(5-10)14-7-8(6-11)12-13-14/h7,9-10H,2-6H2,1H3. The maximum Gasteiger partial charge on any atom is 0.150 e. The van der Waals surface area contributed by atoms with Crippen LogP contribution >= 0.6 is 11.6 Å². The van der Waals surface area contributed by atoms with Crippen LogP contribution in [0.4, 0.5) is 0 Å². The molecule has 7 heteroatoms. The first kappa shape index (κ1) is 12.8. The van der Waals surface area contributed by atoms with Crippen molar-refractivity contribution in [3.63, 3.8) is 0 Å². The van der Waals surface area contributed by atoms with Crippen molar-refractivity contribution in [3.05, 3.63) is 11.9 Å². The highest BCUT2D eigenvalue weighted by molar-refractivity contribution is 7.91. The van der Waals surface area contributed by atoms with E-state index in [4.69, 9.17) is 11.6 Å². The van der Waals surface area contributed by atoms with E-state index in [1.807, 2.05) is 6.20 Å². The number of nitrogens with zero attached hydrogens (tertiary/aromatic N) is 3. The Bertz CT molecular complexity index is 485. The Morgan fingerprint density at radius 2 is 2.29 bits per heavy atom. The average molecular weight is 278 g/mol. The van der Waals surface area contributed by atoms with Crippen molar-refractivity contribution < 1.29 is 8.42 Å². The summed E-state index contributed by atoms with van der Waals surface area (Å²) in [5, 5.41) is 7.70. The molecule has 5 nitrogen and oxygen atoms in total. The van der Waals surface area contributed by atoms with Crippen LogP contribution in [-0.2, 0) is 15.7 Å². The molecule has 0 aliphatic heterocycles. The van der Waals surface area contributed by atoms with Crippen LogP contribution in [0.3, 0.4) is 0 Å². The molecule has 0 amide bonds. The van der Waals surface area contributed by atoms with Gasteiger partial charge in [0.15, 0.2) is 0 Å². The topological polar surface area (TPSA) is 64.8 Å². The highest BCUT2D eigenvalue weighted by Gasteiger charge is 2.30. The van der Waals surface area contributed by atoms with Gasteiger partial charge < -0.3 is 0 Å². The van der Waals surface area contributed by atoms with E-state index >= 15 is 0 Å². The van der Waals surface area contributed by atoms with E-state index in [9.17, 15) is 8.42 Å². The van der Waals surface area contributed by atoms with Gasteiger partial charge in [0, 0.05) is 12.5 Å². The average Bonchev–Trinajstić information content (AvgIpc) is 2.76. The van der Waals surface area contributed by atoms with Crippen molar-refractivity contribution in [2.24, 2.45) is 0 Å². The fraction of sp³-hybridized carbons (Fsp3) is 0.800. The summed E-state index contributed by atoms with van der Waals surface area (Å²) in [6.07, 6.45) is 6.37. The molecule has 0 spiro atoms. The van der Waals surface area contributed by atoms with E-state index in [0.717, 1.165) is 25.0 Å². The predicted molar refractivity (Wildman–Crippen MR) is 65.7 cm³/mol. The lowest BCUT2D eigenvalue weighted by molar-refractivity contribution is 0.324. The zero-order valence-corrected chi connectivity index (χ0v) is 11.3. The maximum absolute atomic E-state index is 11.6. The van der Waals surface area contributed by atoms with Gasteiger partial charge in [0.2, 0.25) is 0 Å². The Balaban J connectivity index is 2.12. The number of sulfone groups is 1. The summed E-state index contributed by atoms with van der Waals surface area (Å²) in [6, 6.07) is 0.132. The summed E-state index contributed by atoms with van der Waals surface area (Å²) >= 11 is 5.67. The van der Waals surface area contributed by atoms with E-state index < -0.39 is 9.84 Å². The molecule has 2 unspecified atom stereocenters. The summed E-state index contributed by atoms with van der Waals surface area (Å²) in [6.45, 7) is 0. The van der Waals surface area contributed by atoms with Crippen LogP contribution in [0.1, 0.15) is 37.4 Å². The van der Waals surface area contributed by atoms with Gasteiger partial charge in [-0.15, -0.1) is 16.7 Å². The van der Waals surface area contributed by atoms with Crippen molar-refractivity contribution in [1.82, 2.24) is 15.0 Å². The molecule has 0 bridgehead atoms. The minimum Gasteiger partial charge on any atom is -0.249 e. The van der Waals surface area contributed by atoms with Crippen molar-refractivity contribution in [3.8, 4) is 0 Å². The van der Waals surface area contributed by atoms with Crippen LogP contribution in [0.5, 0.6) is 0 Å². The van der Waals surface area contributed by atoms with Crippen LogP contribution in [0.25, 0.3) is 0 Å². The lowest BCUT2D eigenvalue weighted by Gasteiger charge is -2.27. The van der Waals surface area contributed by atoms with Crippen LogP contribution in [0.15, 0.2) is 6.20 Å². The molecule has 0 N–H and O–H groups in total. The highest BCUT2D eigenvalue weighted by Crippen LogP contribution is 2.31. The third-order valence-electron chi connectivity index (χ3n) is 3.27. The molecule has 2 atom stereocenters.